The number of thiazole rings is 1. The Morgan fingerprint density at radius 3 is 2.73 bits per heavy atom. The van der Waals surface area contributed by atoms with Gasteiger partial charge in [0.1, 0.15) is 11.6 Å². The van der Waals surface area contributed by atoms with E-state index < -0.39 is 11.4 Å². The van der Waals surface area contributed by atoms with E-state index in [1.54, 1.807) is 18.2 Å². The maximum atomic E-state index is 14.2. The number of ketones is 1. The molecule has 2 atom stereocenters. The second-order valence-corrected chi connectivity index (χ2v) is 9.33. The van der Waals surface area contributed by atoms with Crippen molar-refractivity contribution in [2.75, 3.05) is 11.4 Å². The lowest BCUT2D eigenvalue weighted by molar-refractivity contribution is -0.120. The molecule has 0 saturated carbocycles. The van der Waals surface area contributed by atoms with Gasteiger partial charge in [0.2, 0.25) is 0 Å². The lowest BCUT2D eigenvalue weighted by Gasteiger charge is -2.24. The fourth-order valence-corrected chi connectivity index (χ4v) is 5.41. The Balaban J connectivity index is 1.42. The maximum absolute atomic E-state index is 14.2. The third kappa shape index (κ3) is 4.18. The number of H-pyrrole nitrogens is 1. The molecule has 1 N–H and O–H groups in total. The summed E-state index contributed by atoms with van der Waals surface area (Å²) in [5.74, 6) is 0.0235. The van der Waals surface area contributed by atoms with Crippen LogP contribution < -0.4 is 10.5 Å². The predicted molar refractivity (Wildman–Crippen MR) is 128 cm³/mol. The van der Waals surface area contributed by atoms with E-state index in [0.29, 0.717) is 22.9 Å². The largest absolute Gasteiger partial charge is 0.338 e. The molecule has 5 rings (SSSR count). The topological polar surface area (TPSA) is 79.0 Å². The molecule has 1 saturated heterocycles. The fraction of sp³-hybridized carbons (Fsp3) is 0.280. The number of anilines is 1. The van der Waals surface area contributed by atoms with Crippen LogP contribution in [0.3, 0.4) is 0 Å². The lowest BCUT2D eigenvalue weighted by Crippen LogP contribution is -2.36. The highest BCUT2D eigenvalue weighted by atomic mass is 32.1. The fourth-order valence-electron chi connectivity index (χ4n) is 4.39. The molecule has 1 aliphatic rings. The van der Waals surface area contributed by atoms with Crippen LogP contribution in [0.5, 0.6) is 0 Å². The van der Waals surface area contributed by atoms with Gasteiger partial charge in [0.25, 0.3) is 5.56 Å². The number of nitrogens with one attached hydrogen (secondary N) is 1. The summed E-state index contributed by atoms with van der Waals surface area (Å²) in [4.78, 5) is 39.9. The maximum Gasteiger partial charge on any atom is 0.278 e. The first-order valence-corrected chi connectivity index (χ1v) is 11.8. The molecule has 1 aliphatic heterocycles. The highest BCUT2D eigenvalue weighted by molar-refractivity contribution is 7.21. The highest BCUT2D eigenvalue weighted by Gasteiger charge is 2.33. The van der Waals surface area contributed by atoms with Gasteiger partial charge >= 0.3 is 0 Å². The Morgan fingerprint density at radius 2 is 1.94 bits per heavy atom. The van der Waals surface area contributed by atoms with Gasteiger partial charge in [-0.2, -0.15) is 0 Å². The number of aromatic nitrogens is 3. The first-order valence-electron chi connectivity index (χ1n) is 11.0. The van der Waals surface area contributed by atoms with Crippen LogP contribution in [0.15, 0.2) is 59.4 Å². The third-order valence-corrected chi connectivity index (χ3v) is 7.12. The normalized spacial score (nSPS) is 16.9. The summed E-state index contributed by atoms with van der Waals surface area (Å²) in [6.07, 6.45) is 2.10. The second kappa shape index (κ2) is 8.86. The minimum absolute atomic E-state index is 0.129. The quantitative estimate of drug-likeness (QED) is 0.440. The van der Waals surface area contributed by atoms with Crippen LogP contribution in [-0.2, 0) is 4.79 Å². The van der Waals surface area contributed by atoms with Crippen molar-refractivity contribution in [3.8, 4) is 11.4 Å². The average Bonchev–Trinajstić information content (AvgIpc) is 3.47. The number of hydrogen-bond acceptors (Lipinski definition) is 6. The summed E-state index contributed by atoms with van der Waals surface area (Å²) in [7, 11) is 0. The van der Waals surface area contributed by atoms with Gasteiger partial charge in [0.15, 0.2) is 21.3 Å². The van der Waals surface area contributed by atoms with Gasteiger partial charge in [0, 0.05) is 13.0 Å². The Kier molecular flexibility index (Phi) is 5.76. The van der Waals surface area contributed by atoms with E-state index in [4.69, 9.17) is 0 Å². The molecule has 0 unspecified atom stereocenters. The zero-order chi connectivity index (χ0) is 22.9. The van der Waals surface area contributed by atoms with Crippen LogP contribution in [0.25, 0.3) is 21.7 Å². The Morgan fingerprint density at radius 1 is 1.18 bits per heavy atom. The van der Waals surface area contributed by atoms with E-state index in [1.165, 1.54) is 17.4 Å². The Labute approximate surface area is 194 Å². The molecular formula is C25H23FN4O2S. The first kappa shape index (κ1) is 21.5. The van der Waals surface area contributed by atoms with E-state index in [2.05, 4.69) is 21.9 Å². The summed E-state index contributed by atoms with van der Waals surface area (Å²) < 4.78 is 14.2. The standard InChI is InChI=1S/C25H23FN4O2S/c1-15(16-8-3-2-4-9-16)14-20(31)19-12-7-13-30(19)25-27-21-23(32)28-22(29-24(21)33-25)17-10-5-6-11-18(17)26/h2-6,8-11,15,19H,7,12-14H2,1H3,(H,28,29,32)/t15-,19+/m0/s1. The lowest BCUT2D eigenvalue weighted by atomic mass is 9.93. The molecular weight excluding hydrogens is 439 g/mol. The van der Waals surface area contributed by atoms with Crippen molar-refractivity contribution in [1.82, 2.24) is 15.0 Å². The number of aromatic amines is 1. The van der Waals surface area contributed by atoms with Crippen LogP contribution in [0.1, 0.15) is 37.7 Å². The number of rotatable bonds is 6. The number of benzene rings is 2. The molecule has 0 bridgehead atoms. The molecule has 3 heterocycles. The minimum atomic E-state index is -0.456. The zero-order valence-electron chi connectivity index (χ0n) is 18.1. The van der Waals surface area contributed by atoms with Gasteiger partial charge in [-0.25, -0.2) is 14.4 Å². The average molecular weight is 463 g/mol. The van der Waals surface area contributed by atoms with Crippen LogP contribution in [0, 0.1) is 5.82 Å². The molecule has 1 fully saturated rings. The van der Waals surface area contributed by atoms with Crippen molar-refractivity contribution in [3.63, 3.8) is 0 Å². The molecule has 0 spiro atoms. The van der Waals surface area contributed by atoms with Crippen LogP contribution in [-0.4, -0.2) is 33.3 Å². The zero-order valence-corrected chi connectivity index (χ0v) is 18.9. The van der Waals surface area contributed by atoms with Crippen molar-refractivity contribution >= 4 is 32.6 Å². The van der Waals surface area contributed by atoms with Gasteiger partial charge in [-0.15, -0.1) is 0 Å². The number of halogens is 1. The number of hydrogen-bond donors (Lipinski definition) is 1. The van der Waals surface area contributed by atoms with Gasteiger partial charge in [-0.1, -0.05) is 60.7 Å². The van der Waals surface area contributed by atoms with Crippen LogP contribution in [0.4, 0.5) is 9.52 Å². The molecule has 2 aromatic heterocycles. The summed E-state index contributed by atoms with van der Waals surface area (Å²) in [6.45, 7) is 2.77. The summed E-state index contributed by atoms with van der Waals surface area (Å²) >= 11 is 1.27. The van der Waals surface area contributed by atoms with E-state index in [1.807, 2.05) is 35.2 Å². The highest BCUT2D eigenvalue weighted by Crippen LogP contribution is 2.34. The van der Waals surface area contributed by atoms with Crippen molar-refractivity contribution in [2.24, 2.45) is 0 Å². The van der Waals surface area contributed by atoms with Crippen LogP contribution >= 0.6 is 11.3 Å². The Hall–Kier alpha value is -3.39. The second-order valence-electron chi connectivity index (χ2n) is 8.38. The monoisotopic (exact) mass is 462 g/mol. The van der Waals surface area contributed by atoms with E-state index in [-0.39, 0.29) is 34.6 Å². The van der Waals surface area contributed by atoms with Crippen LogP contribution in [0.2, 0.25) is 0 Å². The molecule has 0 aliphatic carbocycles. The van der Waals surface area contributed by atoms with E-state index in [0.717, 1.165) is 18.4 Å². The van der Waals surface area contributed by atoms with E-state index in [9.17, 15) is 14.0 Å². The number of Topliss-reactive ketones (excluding diaryl/α,β-unsaturated/α-hetero) is 1. The summed E-state index contributed by atoms with van der Waals surface area (Å²) in [5.41, 5.74) is 1.17. The molecule has 0 amide bonds. The molecule has 6 nitrogen and oxygen atoms in total. The van der Waals surface area contributed by atoms with Gasteiger partial charge in [-0.05, 0) is 36.5 Å². The number of fused-ring (bicyclic) bond motifs is 1. The molecule has 0 radical (unpaired) electrons. The van der Waals surface area contributed by atoms with E-state index >= 15 is 0 Å². The molecule has 2 aromatic carbocycles. The predicted octanol–water partition coefficient (Wildman–Crippen LogP) is 4.92. The summed E-state index contributed by atoms with van der Waals surface area (Å²) in [6, 6.07) is 15.9. The van der Waals surface area contributed by atoms with Crippen molar-refractivity contribution in [2.45, 2.75) is 38.1 Å². The molecule has 168 valence electrons. The summed E-state index contributed by atoms with van der Waals surface area (Å²) in [5, 5.41) is 0.608. The molecule has 4 aromatic rings. The molecule has 8 heteroatoms. The SMILES string of the molecule is C[C@@H](CC(=O)[C@H]1CCCN1c1nc2c(=O)[nH]c(-c3ccccc3F)nc2s1)c1ccccc1. The third-order valence-electron chi connectivity index (χ3n) is 6.13. The van der Waals surface area contributed by atoms with Crippen molar-refractivity contribution in [1.29, 1.82) is 0 Å². The van der Waals surface area contributed by atoms with Crippen molar-refractivity contribution < 1.29 is 9.18 Å². The van der Waals surface area contributed by atoms with Gasteiger partial charge in [-0.3, -0.25) is 9.59 Å². The van der Waals surface area contributed by atoms with Gasteiger partial charge < -0.3 is 9.88 Å². The smallest absolute Gasteiger partial charge is 0.278 e. The van der Waals surface area contributed by atoms with Gasteiger partial charge in [0.05, 0.1) is 11.6 Å². The number of carbonyl (C=O) groups is 1. The first-order chi connectivity index (χ1) is 16.0. The number of carbonyl (C=O) groups excluding carboxylic acids is 1. The molecule has 33 heavy (non-hydrogen) atoms. The van der Waals surface area contributed by atoms with Crippen molar-refractivity contribution in [3.05, 3.63) is 76.3 Å². The number of nitrogens with zero attached hydrogens (tertiary/aromatic N) is 3. The minimum Gasteiger partial charge on any atom is -0.338 e. The Bertz CT molecular complexity index is 1370.